The molecule has 1 N–H and O–H groups in total. The van der Waals surface area contributed by atoms with Crippen LogP contribution in [-0.4, -0.2) is 6.21 Å². The van der Waals surface area contributed by atoms with Crippen LogP contribution in [0.4, 0.5) is 0 Å². The minimum absolute atomic E-state index is 0.861. The first kappa shape index (κ1) is 22.7. The Kier molecular flexibility index (Phi) is 5.75. The van der Waals surface area contributed by atoms with Gasteiger partial charge in [-0.25, -0.2) is 0 Å². The average Bonchev–Trinajstić information content (AvgIpc) is 2.94. The maximum absolute atomic E-state index is 7.85. The maximum atomic E-state index is 7.85. The number of rotatable bonds is 5. The zero-order chi connectivity index (χ0) is 25.4. The molecule has 6 rings (SSSR count). The van der Waals surface area contributed by atoms with Gasteiger partial charge in [0.2, 0.25) is 0 Å². The number of benzene rings is 6. The summed E-state index contributed by atoms with van der Waals surface area (Å²) in [5.41, 5.74) is 7.75. The summed E-state index contributed by atoms with van der Waals surface area (Å²) >= 11 is 0. The van der Waals surface area contributed by atoms with E-state index >= 15 is 0 Å². The molecule has 0 aliphatic rings. The Bertz CT molecular complexity index is 1790. The molecule has 0 aromatic heterocycles. The Morgan fingerprint density at radius 3 is 1.68 bits per heavy atom. The van der Waals surface area contributed by atoms with Crippen LogP contribution in [0.5, 0.6) is 0 Å². The molecule has 0 amide bonds. The van der Waals surface area contributed by atoms with Gasteiger partial charge in [-0.1, -0.05) is 133 Å². The SMILES string of the molecule is C=C(C)/C=C(\C=N)c1ccc(-c2c3ccccc3c(-c3cccc4ccccc34)c3ccccc23)cc1. The van der Waals surface area contributed by atoms with Crippen molar-refractivity contribution in [1.29, 1.82) is 5.41 Å². The molecule has 0 bridgehead atoms. The van der Waals surface area contributed by atoms with Gasteiger partial charge in [0.15, 0.2) is 0 Å². The molecule has 6 aromatic carbocycles. The van der Waals surface area contributed by atoms with Gasteiger partial charge in [-0.15, -0.1) is 0 Å². The Morgan fingerprint density at radius 2 is 1.11 bits per heavy atom. The second kappa shape index (κ2) is 9.37. The molecule has 0 unspecified atom stereocenters. The molecule has 0 saturated carbocycles. The van der Waals surface area contributed by atoms with Crippen molar-refractivity contribution in [3.05, 3.63) is 139 Å². The molecule has 0 aliphatic heterocycles. The maximum Gasteiger partial charge on any atom is 0.0256 e. The van der Waals surface area contributed by atoms with Crippen LogP contribution in [-0.2, 0) is 0 Å². The highest BCUT2D eigenvalue weighted by molar-refractivity contribution is 6.23. The quantitative estimate of drug-likeness (QED) is 0.146. The van der Waals surface area contributed by atoms with Gasteiger partial charge in [-0.3, -0.25) is 0 Å². The van der Waals surface area contributed by atoms with Gasteiger partial charge in [0, 0.05) is 6.21 Å². The average molecular weight is 474 g/mol. The van der Waals surface area contributed by atoms with Crippen molar-refractivity contribution in [2.24, 2.45) is 0 Å². The third-order valence-electron chi connectivity index (χ3n) is 7.05. The monoisotopic (exact) mass is 473 g/mol. The predicted octanol–water partition coefficient (Wildman–Crippen LogP) is 10.1. The standard InChI is InChI=1S/C36H27N/c1-24(2)22-28(23-37)25-18-20-27(21-19-25)35-31-13-5-7-15-33(31)36(34-16-8-6-14-32(34)35)30-17-9-11-26-10-3-4-12-29(26)30/h3-23,37H,1H2,2H3/b28-22+,37-23?. The van der Waals surface area contributed by atoms with Crippen LogP contribution in [0.3, 0.4) is 0 Å². The van der Waals surface area contributed by atoms with Crippen molar-refractivity contribution in [2.45, 2.75) is 6.92 Å². The number of allylic oxidation sites excluding steroid dienone is 3. The fourth-order valence-electron chi connectivity index (χ4n) is 5.48. The number of hydrogen-bond donors (Lipinski definition) is 1. The van der Waals surface area contributed by atoms with Crippen LogP contribution in [0.15, 0.2) is 133 Å². The van der Waals surface area contributed by atoms with E-state index in [2.05, 4.69) is 122 Å². The van der Waals surface area contributed by atoms with Gasteiger partial charge >= 0.3 is 0 Å². The molecule has 0 atom stereocenters. The minimum atomic E-state index is 0.861. The lowest BCUT2D eigenvalue weighted by Crippen LogP contribution is -1.92. The molecular weight excluding hydrogens is 446 g/mol. The zero-order valence-corrected chi connectivity index (χ0v) is 20.8. The first-order valence-electron chi connectivity index (χ1n) is 12.6. The summed E-state index contributed by atoms with van der Waals surface area (Å²) in [6, 6.07) is 41.3. The van der Waals surface area contributed by atoms with E-state index < -0.39 is 0 Å². The summed E-state index contributed by atoms with van der Waals surface area (Å²) < 4.78 is 0. The van der Waals surface area contributed by atoms with E-state index in [1.807, 2.05) is 13.0 Å². The van der Waals surface area contributed by atoms with Crippen molar-refractivity contribution in [1.82, 2.24) is 0 Å². The fraction of sp³-hybridized carbons (Fsp3) is 0.0278. The number of fused-ring (bicyclic) bond motifs is 3. The molecule has 0 saturated heterocycles. The van der Waals surface area contributed by atoms with Gasteiger partial charge in [0.25, 0.3) is 0 Å². The minimum Gasteiger partial charge on any atom is -0.308 e. The van der Waals surface area contributed by atoms with Gasteiger partial charge in [-0.05, 0) is 72.6 Å². The topological polar surface area (TPSA) is 23.9 Å². The molecule has 0 fully saturated rings. The number of nitrogens with one attached hydrogen (secondary N) is 1. The molecule has 6 aromatic rings. The molecule has 0 heterocycles. The molecule has 1 nitrogen and oxygen atoms in total. The van der Waals surface area contributed by atoms with E-state index in [-0.39, 0.29) is 0 Å². The Morgan fingerprint density at radius 1 is 0.595 bits per heavy atom. The van der Waals surface area contributed by atoms with E-state index in [1.165, 1.54) is 60.8 Å². The first-order chi connectivity index (χ1) is 18.2. The Labute approximate surface area is 217 Å². The molecule has 176 valence electrons. The van der Waals surface area contributed by atoms with Crippen LogP contribution < -0.4 is 0 Å². The summed E-state index contributed by atoms with van der Waals surface area (Å²) in [6.07, 6.45) is 3.35. The van der Waals surface area contributed by atoms with Crippen molar-refractivity contribution >= 4 is 44.1 Å². The summed E-state index contributed by atoms with van der Waals surface area (Å²) in [5, 5.41) is 15.3. The fourth-order valence-corrected chi connectivity index (χ4v) is 5.48. The first-order valence-corrected chi connectivity index (χ1v) is 12.6. The summed E-state index contributed by atoms with van der Waals surface area (Å²) in [4.78, 5) is 0. The van der Waals surface area contributed by atoms with Gasteiger partial charge in [0.05, 0.1) is 0 Å². The van der Waals surface area contributed by atoms with E-state index in [1.54, 1.807) is 0 Å². The van der Waals surface area contributed by atoms with E-state index in [0.717, 1.165) is 16.7 Å². The highest BCUT2D eigenvalue weighted by atomic mass is 14.3. The molecule has 1 heteroatoms. The summed E-state index contributed by atoms with van der Waals surface area (Å²) in [7, 11) is 0. The Hall–Kier alpha value is -4.75. The molecular formula is C36H27N. The lowest BCUT2D eigenvalue weighted by Gasteiger charge is -2.19. The zero-order valence-electron chi connectivity index (χ0n) is 20.8. The third-order valence-corrected chi connectivity index (χ3v) is 7.05. The molecule has 37 heavy (non-hydrogen) atoms. The van der Waals surface area contributed by atoms with E-state index in [9.17, 15) is 0 Å². The predicted molar refractivity (Wildman–Crippen MR) is 161 cm³/mol. The smallest absolute Gasteiger partial charge is 0.0256 e. The Balaban J connectivity index is 1.66. The second-order valence-electron chi connectivity index (χ2n) is 9.54. The molecule has 0 aliphatic carbocycles. The largest absolute Gasteiger partial charge is 0.308 e. The van der Waals surface area contributed by atoms with Crippen LogP contribution in [0.2, 0.25) is 0 Å². The second-order valence-corrected chi connectivity index (χ2v) is 9.54. The molecule has 0 radical (unpaired) electrons. The van der Waals surface area contributed by atoms with Crippen molar-refractivity contribution < 1.29 is 0 Å². The van der Waals surface area contributed by atoms with Crippen LogP contribution in [0.25, 0.3) is 60.1 Å². The third kappa shape index (κ3) is 3.95. The van der Waals surface area contributed by atoms with Crippen LogP contribution in [0, 0.1) is 5.41 Å². The van der Waals surface area contributed by atoms with Gasteiger partial charge in [0.1, 0.15) is 0 Å². The van der Waals surface area contributed by atoms with Crippen molar-refractivity contribution in [2.75, 3.05) is 0 Å². The van der Waals surface area contributed by atoms with Gasteiger partial charge in [-0.2, -0.15) is 0 Å². The highest BCUT2D eigenvalue weighted by Gasteiger charge is 2.17. The highest BCUT2D eigenvalue weighted by Crippen LogP contribution is 2.45. The van der Waals surface area contributed by atoms with Crippen molar-refractivity contribution in [3.8, 4) is 22.3 Å². The number of hydrogen-bond acceptors (Lipinski definition) is 1. The normalized spacial score (nSPS) is 11.8. The van der Waals surface area contributed by atoms with E-state index in [0.29, 0.717) is 0 Å². The van der Waals surface area contributed by atoms with E-state index in [4.69, 9.17) is 5.41 Å². The van der Waals surface area contributed by atoms with Crippen molar-refractivity contribution in [3.63, 3.8) is 0 Å². The van der Waals surface area contributed by atoms with Crippen LogP contribution >= 0.6 is 0 Å². The summed E-state index contributed by atoms with van der Waals surface area (Å²) in [5.74, 6) is 0. The van der Waals surface area contributed by atoms with Gasteiger partial charge < -0.3 is 5.41 Å². The summed E-state index contributed by atoms with van der Waals surface area (Å²) in [6.45, 7) is 5.93. The molecule has 0 spiro atoms. The van der Waals surface area contributed by atoms with Crippen LogP contribution in [0.1, 0.15) is 12.5 Å². The lowest BCUT2D eigenvalue weighted by atomic mass is 9.84. The lowest BCUT2D eigenvalue weighted by molar-refractivity contribution is 1.53.